The summed E-state index contributed by atoms with van der Waals surface area (Å²) in [7, 11) is 0. The van der Waals surface area contributed by atoms with E-state index in [0.29, 0.717) is 11.4 Å². The van der Waals surface area contributed by atoms with Gasteiger partial charge in [-0.1, -0.05) is 55.2 Å². The van der Waals surface area contributed by atoms with Crippen LogP contribution in [0.25, 0.3) is 0 Å². The molecule has 2 aromatic carbocycles. The highest BCUT2D eigenvalue weighted by Crippen LogP contribution is 2.71. The number of hydrogen-bond donors (Lipinski definition) is 1. The van der Waals surface area contributed by atoms with Crippen molar-refractivity contribution >= 4 is 46.5 Å². The van der Waals surface area contributed by atoms with Gasteiger partial charge in [-0.2, -0.15) is 0 Å². The van der Waals surface area contributed by atoms with E-state index >= 15 is 0 Å². The average Bonchev–Trinajstić information content (AvgIpc) is 3.05. The van der Waals surface area contributed by atoms with E-state index < -0.39 is 11.4 Å². The van der Waals surface area contributed by atoms with E-state index in [4.69, 9.17) is 28.0 Å². The zero-order valence-electron chi connectivity index (χ0n) is 19.5. The fourth-order valence-corrected chi connectivity index (χ4v) is 5.88. The number of anilines is 1. The number of fused-ring (bicyclic) bond motifs is 2. The fraction of sp³-hybridized carbons (Fsp3) is 0.423. The molecule has 5 nitrogen and oxygen atoms in total. The second-order valence-electron chi connectivity index (χ2n) is 10.0. The molecule has 174 valence electrons. The Bertz CT molecular complexity index is 1190. The second-order valence-corrected chi connectivity index (χ2v) is 10.9. The first-order chi connectivity index (χ1) is 15.4. The number of aryl methyl sites for hydroxylation is 2. The molecule has 2 aliphatic carbocycles. The van der Waals surface area contributed by atoms with Gasteiger partial charge in [-0.25, -0.2) is 4.79 Å². The van der Waals surface area contributed by atoms with Crippen molar-refractivity contribution in [2.45, 2.75) is 53.9 Å². The fourth-order valence-electron chi connectivity index (χ4n) is 5.39. The third-order valence-electron chi connectivity index (χ3n) is 8.32. The number of benzene rings is 2. The first-order valence-corrected chi connectivity index (χ1v) is 11.8. The molecule has 0 aliphatic heterocycles. The number of rotatable bonds is 4. The Morgan fingerprint density at radius 1 is 1.00 bits per heavy atom. The summed E-state index contributed by atoms with van der Waals surface area (Å²) in [4.78, 5) is 31.5. The van der Waals surface area contributed by atoms with Gasteiger partial charge in [0.25, 0.3) is 0 Å². The molecular formula is C26H28Cl2N2O3. The first-order valence-electron chi connectivity index (χ1n) is 11.0. The van der Waals surface area contributed by atoms with Crippen LogP contribution in [0, 0.1) is 30.1 Å². The summed E-state index contributed by atoms with van der Waals surface area (Å²) >= 11 is 12.0. The molecule has 0 saturated heterocycles. The maximum atomic E-state index is 13.6. The van der Waals surface area contributed by atoms with Gasteiger partial charge >= 0.3 is 5.97 Å². The molecule has 0 radical (unpaired) electrons. The molecule has 2 atom stereocenters. The summed E-state index contributed by atoms with van der Waals surface area (Å²) in [6.07, 6.45) is 1.98. The van der Waals surface area contributed by atoms with Crippen molar-refractivity contribution in [2.24, 2.45) is 21.4 Å². The number of oxime groups is 1. The van der Waals surface area contributed by atoms with Gasteiger partial charge in [0, 0.05) is 22.5 Å². The molecule has 7 heteroatoms. The highest BCUT2D eigenvalue weighted by molar-refractivity contribution is 6.36. The van der Waals surface area contributed by atoms with Crippen molar-refractivity contribution in [1.82, 2.24) is 0 Å². The quantitative estimate of drug-likeness (QED) is 0.374. The summed E-state index contributed by atoms with van der Waals surface area (Å²) in [5.74, 6) is -0.668. The van der Waals surface area contributed by atoms with E-state index in [1.54, 1.807) is 6.07 Å². The van der Waals surface area contributed by atoms with Gasteiger partial charge in [0.2, 0.25) is 5.91 Å². The Balaban J connectivity index is 1.59. The topological polar surface area (TPSA) is 67.8 Å². The molecule has 0 aromatic heterocycles. The van der Waals surface area contributed by atoms with Gasteiger partial charge in [0.15, 0.2) is 0 Å². The predicted molar refractivity (Wildman–Crippen MR) is 132 cm³/mol. The number of amides is 1. The molecule has 2 unspecified atom stereocenters. The highest BCUT2D eigenvalue weighted by Gasteiger charge is 2.71. The Kier molecular flexibility index (Phi) is 5.86. The normalized spacial score (nSPS) is 26.5. The lowest BCUT2D eigenvalue weighted by Gasteiger charge is -2.39. The minimum atomic E-state index is -0.651. The van der Waals surface area contributed by atoms with Crippen molar-refractivity contribution in [3.63, 3.8) is 0 Å². The van der Waals surface area contributed by atoms with Crippen LogP contribution >= 0.6 is 23.2 Å². The molecule has 2 saturated carbocycles. The lowest BCUT2D eigenvalue weighted by Crippen LogP contribution is -2.43. The molecule has 2 aromatic rings. The van der Waals surface area contributed by atoms with Crippen LogP contribution in [-0.4, -0.2) is 17.6 Å². The first kappa shape index (κ1) is 23.8. The molecule has 1 N–H and O–H groups in total. The summed E-state index contributed by atoms with van der Waals surface area (Å²) in [6, 6.07) is 10.5. The van der Waals surface area contributed by atoms with Gasteiger partial charge in [-0.05, 0) is 73.6 Å². The lowest BCUT2D eigenvalue weighted by molar-refractivity contribution is -0.130. The zero-order valence-corrected chi connectivity index (χ0v) is 21.0. The molecule has 2 aliphatic rings. The van der Waals surface area contributed by atoms with Gasteiger partial charge < -0.3 is 10.2 Å². The third kappa shape index (κ3) is 3.66. The minimum Gasteiger partial charge on any atom is -0.326 e. The average molecular weight is 487 g/mol. The number of nitrogens with zero attached hydrogens (tertiary/aromatic N) is 1. The van der Waals surface area contributed by atoms with E-state index in [-0.39, 0.29) is 27.3 Å². The summed E-state index contributed by atoms with van der Waals surface area (Å²) < 4.78 is 0. The van der Waals surface area contributed by atoms with Crippen molar-refractivity contribution in [1.29, 1.82) is 0 Å². The van der Waals surface area contributed by atoms with Gasteiger partial charge in [-0.15, -0.1) is 0 Å². The minimum absolute atomic E-state index is 0.0169. The number of halogens is 2. The molecule has 1 amide bonds. The van der Waals surface area contributed by atoms with E-state index in [9.17, 15) is 9.59 Å². The Labute approximate surface area is 204 Å². The van der Waals surface area contributed by atoms with Gasteiger partial charge in [0.05, 0.1) is 21.7 Å². The summed E-state index contributed by atoms with van der Waals surface area (Å²) in [6.45, 7) is 10.4. The maximum Gasteiger partial charge on any atom is 0.367 e. The van der Waals surface area contributed by atoms with E-state index in [0.717, 1.165) is 29.8 Å². The SMILES string of the molecule is Cc1ccc(NC(=O)C23CCC(C)(C(=NOC(=O)c4ccc(Cl)cc4Cl)C2)C3(C)C)cc1C. The number of hydrogen-bond acceptors (Lipinski definition) is 4. The number of carbonyl (C=O) groups is 2. The molecule has 33 heavy (non-hydrogen) atoms. The van der Waals surface area contributed by atoms with Crippen LogP contribution in [-0.2, 0) is 9.63 Å². The van der Waals surface area contributed by atoms with Crippen molar-refractivity contribution < 1.29 is 14.4 Å². The van der Waals surface area contributed by atoms with Crippen LogP contribution in [0.5, 0.6) is 0 Å². The largest absolute Gasteiger partial charge is 0.367 e. The van der Waals surface area contributed by atoms with Crippen LogP contribution in [0.2, 0.25) is 10.0 Å². The second kappa shape index (κ2) is 8.14. The molecule has 0 heterocycles. The van der Waals surface area contributed by atoms with Gasteiger partial charge in [-0.3, -0.25) is 4.79 Å². The van der Waals surface area contributed by atoms with Crippen LogP contribution in [0.3, 0.4) is 0 Å². The lowest BCUT2D eigenvalue weighted by atomic mass is 9.64. The molecule has 4 rings (SSSR count). The Morgan fingerprint density at radius 2 is 1.73 bits per heavy atom. The van der Waals surface area contributed by atoms with E-state index in [1.807, 2.05) is 32.0 Å². The Hall–Kier alpha value is -2.37. The van der Waals surface area contributed by atoms with Crippen molar-refractivity contribution in [3.8, 4) is 0 Å². The van der Waals surface area contributed by atoms with Crippen LogP contribution in [0.1, 0.15) is 61.5 Å². The highest BCUT2D eigenvalue weighted by atomic mass is 35.5. The molecule has 2 fully saturated rings. The monoisotopic (exact) mass is 486 g/mol. The van der Waals surface area contributed by atoms with Gasteiger partial charge in [0.1, 0.15) is 0 Å². The molecule has 0 spiro atoms. The summed E-state index contributed by atoms with van der Waals surface area (Å²) in [5.41, 5.74) is 2.65. The Morgan fingerprint density at radius 3 is 2.39 bits per heavy atom. The third-order valence-corrected chi connectivity index (χ3v) is 8.87. The maximum absolute atomic E-state index is 13.6. The van der Waals surface area contributed by atoms with E-state index in [2.05, 4.69) is 31.2 Å². The molecular weight excluding hydrogens is 459 g/mol. The smallest absolute Gasteiger partial charge is 0.326 e. The predicted octanol–water partition coefficient (Wildman–Crippen LogP) is 6.98. The van der Waals surface area contributed by atoms with Crippen molar-refractivity contribution in [2.75, 3.05) is 5.32 Å². The zero-order chi connectivity index (χ0) is 24.2. The van der Waals surface area contributed by atoms with Crippen LogP contribution in [0.4, 0.5) is 5.69 Å². The summed E-state index contributed by atoms with van der Waals surface area (Å²) in [5, 5.41) is 8.04. The van der Waals surface area contributed by atoms with E-state index in [1.165, 1.54) is 17.7 Å². The van der Waals surface area contributed by atoms with Crippen LogP contribution < -0.4 is 5.32 Å². The van der Waals surface area contributed by atoms with Crippen molar-refractivity contribution in [3.05, 3.63) is 63.1 Å². The number of carbonyl (C=O) groups excluding carboxylic acids is 2. The van der Waals surface area contributed by atoms with Crippen LogP contribution in [0.15, 0.2) is 41.6 Å². The molecule has 2 bridgehead atoms. The number of nitrogens with one attached hydrogen (secondary N) is 1. The standard InChI is InChI=1S/C26H28Cl2N2O3/c1-15-6-8-18(12-16(15)2)29-23(32)26-11-10-25(5,24(26,3)4)21(14-26)30-33-22(31)19-9-7-17(27)13-20(19)28/h6-9,12-13H,10-11,14H2,1-5H3,(H,29,32).